The SMILES string of the molecule is CC/C(=C\c1ccccc1)[C@@H]1C[C@H]1NC1CCN(Cc2ccc(C(=O)O)c(C)c2)CC1. The Morgan fingerprint density at radius 1 is 1.16 bits per heavy atom. The largest absolute Gasteiger partial charge is 0.478 e. The van der Waals surface area contributed by atoms with E-state index >= 15 is 0 Å². The molecule has 4 rings (SSSR count). The molecule has 0 spiro atoms. The minimum atomic E-state index is -0.848. The van der Waals surface area contributed by atoms with Crippen molar-refractivity contribution in [2.75, 3.05) is 13.1 Å². The minimum Gasteiger partial charge on any atom is -0.478 e. The standard InChI is InChI=1S/C27H34N2O2/c1-3-22(16-20-7-5-4-6-8-20)25-17-26(25)28-23-11-13-29(14-12-23)18-21-9-10-24(27(30)31)19(2)15-21/h4-10,15-16,23,25-26,28H,3,11-14,17-18H2,1-2H3,(H,30,31)/b22-16+/t25-,26+/m0/s1. The molecule has 0 bridgehead atoms. The lowest BCUT2D eigenvalue weighted by Gasteiger charge is -2.32. The van der Waals surface area contributed by atoms with Crippen molar-refractivity contribution in [3.8, 4) is 0 Å². The van der Waals surface area contributed by atoms with Crippen LogP contribution in [0.15, 0.2) is 54.1 Å². The van der Waals surface area contributed by atoms with Crippen LogP contribution >= 0.6 is 0 Å². The van der Waals surface area contributed by atoms with Gasteiger partial charge in [-0.15, -0.1) is 0 Å². The maximum Gasteiger partial charge on any atom is 0.335 e. The Balaban J connectivity index is 1.24. The number of hydrogen-bond acceptors (Lipinski definition) is 3. The van der Waals surface area contributed by atoms with Crippen molar-refractivity contribution in [1.82, 2.24) is 10.2 Å². The predicted octanol–water partition coefficient (Wildman–Crippen LogP) is 5.13. The summed E-state index contributed by atoms with van der Waals surface area (Å²) in [6.07, 6.45) is 7.13. The molecule has 31 heavy (non-hydrogen) atoms. The van der Waals surface area contributed by atoms with Crippen molar-refractivity contribution >= 4 is 12.0 Å². The van der Waals surface area contributed by atoms with Gasteiger partial charge >= 0.3 is 5.97 Å². The van der Waals surface area contributed by atoms with Gasteiger partial charge in [-0.2, -0.15) is 0 Å². The number of nitrogens with zero attached hydrogens (tertiary/aromatic N) is 1. The third-order valence-corrected chi connectivity index (χ3v) is 6.79. The summed E-state index contributed by atoms with van der Waals surface area (Å²) in [5.74, 6) is -0.155. The van der Waals surface area contributed by atoms with Gasteiger partial charge in [0.25, 0.3) is 0 Å². The first-order valence-corrected chi connectivity index (χ1v) is 11.6. The molecule has 1 aliphatic carbocycles. The second kappa shape index (κ2) is 9.80. The zero-order chi connectivity index (χ0) is 21.8. The normalized spacial score (nSPS) is 22.5. The van der Waals surface area contributed by atoms with Crippen molar-refractivity contribution < 1.29 is 9.90 Å². The molecule has 2 aromatic rings. The highest BCUT2D eigenvalue weighted by molar-refractivity contribution is 5.89. The van der Waals surface area contributed by atoms with E-state index in [1.807, 2.05) is 19.1 Å². The van der Waals surface area contributed by atoms with E-state index in [2.05, 4.69) is 53.5 Å². The molecule has 1 heterocycles. The number of likely N-dealkylation sites (tertiary alicyclic amines) is 1. The topological polar surface area (TPSA) is 52.6 Å². The molecular formula is C27H34N2O2. The Labute approximate surface area is 186 Å². The van der Waals surface area contributed by atoms with Crippen molar-refractivity contribution in [3.63, 3.8) is 0 Å². The number of piperidine rings is 1. The first kappa shape index (κ1) is 21.8. The molecule has 0 amide bonds. The number of aryl methyl sites for hydroxylation is 1. The molecular weight excluding hydrogens is 384 g/mol. The summed E-state index contributed by atoms with van der Waals surface area (Å²) in [6, 6.07) is 17.6. The third-order valence-electron chi connectivity index (χ3n) is 6.79. The number of hydrogen-bond donors (Lipinski definition) is 2. The second-order valence-electron chi connectivity index (χ2n) is 9.10. The highest BCUT2D eigenvalue weighted by atomic mass is 16.4. The van der Waals surface area contributed by atoms with E-state index in [4.69, 9.17) is 0 Å². The van der Waals surface area contributed by atoms with Crippen LogP contribution in [0.4, 0.5) is 0 Å². The Kier molecular flexibility index (Phi) is 6.89. The van der Waals surface area contributed by atoms with Crippen LogP contribution in [-0.4, -0.2) is 41.1 Å². The molecule has 1 aliphatic heterocycles. The second-order valence-corrected chi connectivity index (χ2v) is 9.10. The lowest BCUT2D eigenvalue weighted by atomic mass is 10.0. The highest BCUT2D eigenvalue weighted by Crippen LogP contribution is 2.40. The molecule has 0 radical (unpaired) electrons. The summed E-state index contributed by atoms with van der Waals surface area (Å²) < 4.78 is 0. The molecule has 2 aliphatic rings. The molecule has 4 heteroatoms. The fraction of sp³-hybridized carbons (Fsp3) is 0.444. The minimum absolute atomic E-state index is 0.401. The quantitative estimate of drug-likeness (QED) is 0.624. The van der Waals surface area contributed by atoms with E-state index in [0.29, 0.717) is 23.6 Å². The summed E-state index contributed by atoms with van der Waals surface area (Å²) in [4.78, 5) is 13.7. The molecule has 1 saturated heterocycles. The van der Waals surface area contributed by atoms with Gasteiger partial charge in [0, 0.05) is 18.6 Å². The lowest BCUT2D eigenvalue weighted by molar-refractivity contribution is 0.0696. The molecule has 2 N–H and O–H groups in total. The monoisotopic (exact) mass is 418 g/mol. The Bertz CT molecular complexity index is 930. The van der Waals surface area contributed by atoms with Gasteiger partial charge < -0.3 is 10.4 Å². The zero-order valence-corrected chi connectivity index (χ0v) is 18.7. The van der Waals surface area contributed by atoms with E-state index in [0.717, 1.165) is 31.6 Å². The first-order valence-electron chi connectivity index (χ1n) is 11.6. The zero-order valence-electron chi connectivity index (χ0n) is 18.7. The molecule has 164 valence electrons. The van der Waals surface area contributed by atoms with Crippen LogP contribution in [0.2, 0.25) is 0 Å². The summed E-state index contributed by atoms with van der Waals surface area (Å²) in [6.45, 7) is 7.24. The van der Waals surface area contributed by atoms with Crippen LogP contribution in [0.3, 0.4) is 0 Å². The van der Waals surface area contributed by atoms with Crippen LogP contribution in [0, 0.1) is 12.8 Å². The van der Waals surface area contributed by atoms with Gasteiger partial charge in [-0.25, -0.2) is 4.79 Å². The fourth-order valence-corrected chi connectivity index (χ4v) is 4.91. The van der Waals surface area contributed by atoms with Gasteiger partial charge in [0.1, 0.15) is 0 Å². The van der Waals surface area contributed by atoms with Crippen molar-refractivity contribution in [2.45, 2.75) is 58.2 Å². The lowest BCUT2D eigenvalue weighted by Crippen LogP contribution is -2.43. The molecule has 2 aromatic carbocycles. The number of carbonyl (C=O) groups is 1. The molecule has 0 unspecified atom stereocenters. The summed E-state index contributed by atoms with van der Waals surface area (Å²) in [5.41, 5.74) is 5.33. The Hall–Kier alpha value is -2.43. The number of rotatable bonds is 8. The van der Waals surface area contributed by atoms with E-state index in [1.165, 1.54) is 30.4 Å². The van der Waals surface area contributed by atoms with Gasteiger partial charge in [-0.05, 0) is 74.4 Å². The molecule has 2 fully saturated rings. The summed E-state index contributed by atoms with van der Waals surface area (Å²) >= 11 is 0. The van der Waals surface area contributed by atoms with Gasteiger partial charge in [0.05, 0.1) is 5.56 Å². The van der Waals surface area contributed by atoms with Crippen molar-refractivity contribution in [2.24, 2.45) is 5.92 Å². The number of aromatic carboxylic acids is 1. The van der Waals surface area contributed by atoms with E-state index in [1.54, 1.807) is 11.6 Å². The van der Waals surface area contributed by atoms with Crippen LogP contribution in [0.5, 0.6) is 0 Å². The summed E-state index contributed by atoms with van der Waals surface area (Å²) in [7, 11) is 0. The smallest absolute Gasteiger partial charge is 0.335 e. The number of carboxylic acids is 1. The van der Waals surface area contributed by atoms with Crippen molar-refractivity contribution in [3.05, 3.63) is 76.4 Å². The van der Waals surface area contributed by atoms with Gasteiger partial charge in [0.2, 0.25) is 0 Å². The van der Waals surface area contributed by atoms with Crippen LogP contribution < -0.4 is 5.32 Å². The average Bonchev–Trinajstić information content (AvgIpc) is 3.53. The highest BCUT2D eigenvalue weighted by Gasteiger charge is 2.40. The van der Waals surface area contributed by atoms with Gasteiger partial charge in [-0.3, -0.25) is 4.90 Å². The van der Waals surface area contributed by atoms with Crippen LogP contribution in [-0.2, 0) is 6.54 Å². The average molecular weight is 419 g/mol. The van der Waals surface area contributed by atoms with Crippen molar-refractivity contribution in [1.29, 1.82) is 0 Å². The molecule has 4 nitrogen and oxygen atoms in total. The van der Waals surface area contributed by atoms with Gasteiger partial charge in [0.15, 0.2) is 0 Å². The molecule has 1 saturated carbocycles. The first-order chi connectivity index (χ1) is 15.0. The maximum atomic E-state index is 11.2. The molecule has 0 aromatic heterocycles. The van der Waals surface area contributed by atoms with E-state index in [-0.39, 0.29) is 0 Å². The maximum absolute atomic E-state index is 11.2. The number of nitrogens with one attached hydrogen (secondary N) is 1. The number of benzene rings is 2. The number of carboxylic acid groups (broad SMARTS) is 1. The predicted molar refractivity (Wildman–Crippen MR) is 126 cm³/mol. The van der Waals surface area contributed by atoms with Gasteiger partial charge in [-0.1, -0.05) is 61.0 Å². The van der Waals surface area contributed by atoms with Crippen LogP contribution in [0.1, 0.15) is 59.7 Å². The van der Waals surface area contributed by atoms with Crippen LogP contribution in [0.25, 0.3) is 6.08 Å². The van der Waals surface area contributed by atoms with E-state index < -0.39 is 5.97 Å². The Morgan fingerprint density at radius 2 is 1.90 bits per heavy atom. The van der Waals surface area contributed by atoms with E-state index in [9.17, 15) is 9.90 Å². The third kappa shape index (κ3) is 5.63. The summed E-state index contributed by atoms with van der Waals surface area (Å²) in [5, 5.41) is 13.1. The fourth-order valence-electron chi connectivity index (χ4n) is 4.91. The molecule has 2 atom stereocenters. The Morgan fingerprint density at radius 3 is 2.55 bits per heavy atom.